The monoisotopic (exact) mass is 278 g/mol. The van der Waals surface area contributed by atoms with Crippen molar-refractivity contribution in [1.82, 2.24) is 0 Å². The fourth-order valence-corrected chi connectivity index (χ4v) is 2.24. The van der Waals surface area contributed by atoms with Gasteiger partial charge >= 0.3 is 0 Å². The Morgan fingerprint density at radius 2 is 1.38 bits per heavy atom. The Bertz CT molecular complexity index is 618. The summed E-state index contributed by atoms with van der Waals surface area (Å²) in [6, 6.07) is 17.2. The molecule has 0 unspecified atom stereocenters. The lowest BCUT2D eigenvalue weighted by atomic mass is 10.00. The maximum atomic E-state index is 11.6. The minimum atomic E-state index is 0.152. The lowest BCUT2D eigenvalue weighted by Crippen LogP contribution is -2.00. The van der Waals surface area contributed by atoms with E-state index in [1.165, 1.54) is 22.3 Å². The predicted molar refractivity (Wildman–Crippen MR) is 88.6 cm³/mol. The van der Waals surface area contributed by atoms with E-state index in [2.05, 4.69) is 62.0 Å². The zero-order valence-electron chi connectivity index (χ0n) is 12.9. The molecule has 0 aliphatic heterocycles. The topological polar surface area (TPSA) is 17.1 Å². The smallest absolute Gasteiger partial charge is 0.158 e. The Labute approximate surface area is 127 Å². The molecule has 2 rings (SSSR count). The average Bonchev–Trinajstić information content (AvgIpc) is 2.48. The van der Waals surface area contributed by atoms with Gasteiger partial charge in [-0.1, -0.05) is 60.7 Å². The van der Waals surface area contributed by atoms with Gasteiger partial charge in [-0.3, -0.25) is 4.79 Å². The fourth-order valence-electron chi connectivity index (χ4n) is 2.24. The zero-order valence-corrected chi connectivity index (χ0v) is 12.9. The van der Waals surface area contributed by atoms with Crippen molar-refractivity contribution in [2.75, 3.05) is 0 Å². The van der Waals surface area contributed by atoms with Gasteiger partial charge in [-0.25, -0.2) is 0 Å². The van der Waals surface area contributed by atoms with E-state index in [4.69, 9.17) is 0 Å². The lowest BCUT2D eigenvalue weighted by molar-refractivity contribution is -0.115. The molecule has 0 saturated heterocycles. The average molecular weight is 278 g/mol. The van der Waals surface area contributed by atoms with Crippen LogP contribution in [0.4, 0.5) is 0 Å². The number of aryl methyl sites for hydroxylation is 2. The van der Waals surface area contributed by atoms with Crippen molar-refractivity contribution in [3.05, 3.63) is 82.9 Å². The van der Waals surface area contributed by atoms with Crippen LogP contribution < -0.4 is 0 Å². The van der Waals surface area contributed by atoms with Gasteiger partial charge in [-0.2, -0.15) is 0 Å². The standard InChI is InChI=1S/C20H22O/c1-15(2)20(21)13-12-17-8-10-19(11-9-17)14-18-6-4-16(3)5-7-18/h4-11H,1,12-14H2,2-3H3. The van der Waals surface area contributed by atoms with Crippen LogP contribution in [-0.4, -0.2) is 5.78 Å². The van der Waals surface area contributed by atoms with E-state index in [0.29, 0.717) is 12.0 Å². The second kappa shape index (κ2) is 7.03. The predicted octanol–water partition coefficient (Wildman–Crippen LogP) is 4.66. The minimum absolute atomic E-state index is 0.152. The maximum absolute atomic E-state index is 11.6. The van der Waals surface area contributed by atoms with Crippen molar-refractivity contribution in [2.24, 2.45) is 0 Å². The molecule has 0 fully saturated rings. The number of carbonyl (C=O) groups is 1. The van der Waals surface area contributed by atoms with Crippen LogP contribution in [-0.2, 0) is 17.6 Å². The number of Topliss-reactive ketones (excluding diaryl/α,β-unsaturated/α-hetero) is 1. The lowest BCUT2D eigenvalue weighted by Gasteiger charge is -2.05. The highest BCUT2D eigenvalue weighted by atomic mass is 16.1. The van der Waals surface area contributed by atoms with E-state index < -0.39 is 0 Å². The molecular formula is C20H22O. The quantitative estimate of drug-likeness (QED) is 0.702. The maximum Gasteiger partial charge on any atom is 0.158 e. The van der Waals surface area contributed by atoms with E-state index in [1.807, 2.05) is 0 Å². The summed E-state index contributed by atoms with van der Waals surface area (Å²) >= 11 is 0. The van der Waals surface area contributed by atoms with Crippen molar-refractivity contribution in [2.45, 2.75) is 33.1 Å². The van der Waals surface area contributed by atoms with Crippen LogP contribution in [0, 0.1) is 6.92 Å². The van der Waals surface area contributed by atoms with Crippen molar-refractivity contribution in [1.29, 1.82) is 0 Å². The molecule has 0 saturated carbocycles. The molecule has 0 atom stereocenters. The molecule has 108 valence electrons. The van der Waals surface area contributed by atoms with Gasteiger partial charge in [0, 0.05) is 6.42 Å². The highest BCUT2D eigenvalue weighted by molar-refractivity contribution is 5.94. The molecule has 0 N–H and O–H groups in total. The third-order valence-electron chi connectivity index (χ3n) is 3.67. The van der Waals surface area contributed by atoms with Gasteiger partial charge in [0.05, 0.1) is 0 Å². The Morgan fingerprint density at radius 3 is 1.90 bits per heavy atom. The number of hydrogen-bond donors (Lipinski definition) is 0. The molecule has 0 aliphatic carbocycles. The summed E-state index contributed by atoms with van der Waals surface area (Å²) in [6.45, 7) is 7.56. The highest BCUT2D eigenvalue weighted by Gasteiger charge is 2.03. The zero-order chi connectivity index (χ0) is 15.2. The Kier molecular flexibility index (Phi) is 5.10. The number of ketones is 1. The summed E-state index contributed by atoms with van der Waals surface area (Å²) in [5, 5.41) is 0. The first-order valence-corrected chi connectivity index (χ1v) is 7.36. The van der Waals surface area contributed by atoms with E-state index in [1.54, 1.807) is 6.92 Å². The van der Waals surface area contributed by atoms with Crippen molar-refractivity contribution >= 4 is 5.78 Å². The molecule has 1 heteroatoms. The Balaban J connectivity index is 1.94. The second-order valence-corrected chi connectivity index (χ2v) is 5.68. The third kappa shape index (κ3) is 4.71. The van der Waals surface area contributed by atoms with Gasteiger partial charge in [-0.15, -0.1) is 0 Å². The number of hydrogen-bond acceptors (Lipinski definition) is 1. The summed E-state index contributed by atoms with van der Waals surface area (Å²) < 4.78 is 0. The molecule has 0 radical (unpaired) electrons. The Morgan fingerprint density at radius 1 is 0.905 bits per heavy atom. The molecule has 0 aromatic heterocycles. The summed E-state index contributed by atoms with van der Waals surface area (Å²) in [7, 11) is 0. The van der Waals surface area contributed by atoms with Crippen LogP contribution in [0.3, 0.4) is 0 Å². The van der Waals surface area contributed by atoms with Crippen LogP contribution in [0.15, 0.2) is 60.7 Å². The summed E-state index contributed by atoms with van der Waals surface area (Å²) in [5.74, 6) is 0.152. The minimum Gasteiger partial charge on any atom is -0.295 e. The number of carbonyl (C=O) groups excluding carboxylic acids is 1. The van der Waals surface area contributed by atoms with Gasteiger partial charge < -0.3 is 0 Å². The molecule has 21 heavy (non-hydrogen) atoms. The van der Waals surface area contributed by atoms with E-state index in [0.717, 1.165) is 12.8 Å². The van der Waals surface area contributed by atoms with Gasteiger partial charge in [0.15, 0.2) is 5.78 Å². The van der Waals surface area contributed by atoms with Crippen LogP contribution in [0.2, 0.25) is 0 Å². The van der Waals surface area contributed by atoms with E-state index in [-0.39, 0.29) is 5.78 Å². The van der Waals surface area contributed by atoms with Gasteiger partial charge in [0.1, 0.15) is 0 Å². The molecule has 0 aliphatic rings. The molecule has 0 spiro atoms. The molecule has 1 nitrogen and oxygen atoms in total. The van der Waals surface area contributed by atoms with Crippen LogP contribution >= 0.6 is 0 Å². The van der Waals surface area contributed by atoms with Crippen molar-refractivity contribution in [3.8, 4) is 0 Å². The summed E-state index contributed by atoms with van der Waals surface area (Å²) in [6.07, 6.45) is 2.29. The Hall–Kier alpha value is -2.15. The number of rotatable bonds is 6. The van der Waals surface area contributed by atoms with Crippen LogP contribution in [0.5, 0.6) is 0 Å². The van der Waals surface area contributed by atoms with Gasteiger partial charge in [-0.05, 0) is 49.0 Å². The van der Waals surface area contributed by atoms with Crippen LogP contribution in [0.1, 0.15) is 35.6 Å². The largest absolute Gasteiger partial charge is 0.295 e. The fraction of sp³-hybridized carbons (Fsp3) is 0.250. The van der Waals surface area contributed by atoms with Crippen LogP contribution in [0.25, 0.3) is 0 Å². The normalized spacial score (nSPS) is 10.4. The van der Waals surface area contributed by atoms with Crippen molar-refractivity contribution in [3.63, 3.8) is 0 Å². The van der Waals surface area contributed by atoms with Gasteiger partial charge in [0.2, 0.25) is 0 Å². The molecule has 2 aromatic carbocycles. The molecular weight excluding hydrogens is 256 g/mol. The SMILES string of the molecule is C=C(C)C(=O)CCc1ccc(Cc2ccc(C)cc2)cc1. The second-order valence-electron chi connectivity index (χ2n) is 5.68. The molecule has 0 bridgehead atoms. The summed E-state index contributed by atoms with van der Waals surface area (Å²) in [4.78, 5) is 11.6. The number of benzene rings is 2. The van der Waals surface area contributed by atoms with Crippen molar-refractivity contribution < 1.29 is 4.79 Å². The summed E-state index contributed by atoms with van der Waals surface area (Å²) in [5.41, 5.74) is 5.76. The first kappa shape index (κ1) is 15.2. The van der Waals surface area contributed by atoms with E-state index in [9.17, 15) is 4.79 Å². The third-order valence-corrected chi connectivity index (χ3v) is 3.67. The first-order chi connectivity index (χ1) is 10.0. The number of allylic oxidation sites excluding steroid dienone is 1. The molecule has 0 amide bonds. The van der Waals surface area contributed by atoms with Gasteiger partial charge in [0.25, 0.3) is 0 Å². The highest BCUT2D eigenvalue weighted by Crippen LogP contribution is 2.13. The van der Waals surface area contributed by atoms with E-state index >= 15 is 0 Å². The molecule has 0 heterocycles. The molecule has 2 aromatic rings. The first-order valence-electron chi connectivity index (χ1n) is 7.36.